The van der Waals surface area contributed by atoms with Gasteiger partial charge in [-0.1, -0.05) is 0 Å². The molecule has 0 saturated carbocycles. The third kappa shape index (κ3) is 18.5. The molecule has 0 unspecified atom stereocenters. The van der Waals surface area contributed by atoms with E-state index in [9.17, 15) is 132 Å². The third-order valence-corrected chi connectivity index (χ3v) is 18.3. The lowest BCUT2D eigenvalue weighted by atomic mass is 9.93. The molecule has 0 spiro atoms. The monoisotopic (exact) mass is 1480 g/mol. The number of hydrogen-bond donors (Lipinski definition) is 26. The van der Waals surface area contributed by atoms with Crippen LogP contribution < -0.4 is 21.3 Å². The molecule has 0 radical (unpaired) electrons. The Morgan fingerprint density at radius 2 is 0.545 bits per heavy atom. The molecule has 0 aliphatic carbocycles. The zero-order valence-electron chi connectivity index (χ0n) is 54.3. The second-order valence-corrected chi connectivity index (χ2v) is 25.4. The van der Waals surface area contributed by atoms with E-state index in [0.717, 1.165) is 27.7 Å². The Balaban J connectivity index is 1.13. The lowest BCUT2D eigenvalue weighted by molar-refractivity contribution is -0.396. The minimum Gasteiger partial charge on any atom is -0.394 e. The number of aliphatic hydroxyl groups is 22. The summed E-state index contributed by atoms with van der Waals surface area (Å²) in [6.45, 7) is -4.56. The maximum Gasteiger partial charge on any atom is 0.217 e. The van der Waals surface area contributed by atoms with Crippen molar-refractivity contribution in [1.29, 1.82) is 0 Å². The molecular weight excluding hydrogens is 1380 g/mol. The van der Waals surface area contributed by atoms with Crippen molar-refractivity contribution >= 4 is 23.6 Å². The average Bonchev–Trinajstić information content (AvgIpc) is 0.778. The summed E-state index contributed by atoms with van der Waals surface area (Å²) in [6.07, 6.45) is -73.3. The molecule has 8 aliphatic rings. The van der Waals surface area contributed by atoms with E-state index >= 15 is 0 Å². The number of carbonyl (C=O) groups excluding carboxylic acids is 4. The molecule has 45 nitrogen and oxygen atoms in total. The summed E-state index contributed by atoms with van der Waals surface area (Å²) in [4.78, 5) is 50.2. The standard InChI is InChI=1S/C56H94N4O41/c1-13(68)57-25-35(78)43(21(9-65)88-49(25)86)96-51-27(59-15(3)70)36(79)45(23(11-67)93-51)98-54-42(85)46(99-56-48(40(83)32(75)20(8-64)92-56)101-50-26(58-14(2)69)34(77)29(72)17(5-61)89-50)33(76)24(95-54)12-87-55-47(39(82)31(74)19(7-63)91-55)100-52-28(60-16(4)71)37(80)44(22(10-66)94-52)97-53-41(84)38(81)30(73)18(6-62)90-53/h17-56,61-67,72-86H,5-12H2,1-4H3,(H,57,68)(H,58,69)(H,59,70)(H,60,71)/t17-,18-,19-,20-,21-,22-,23-,24-,25-,26-,27-,28-,29-,30+,31-,32-,33-,34-,35-,36-,37-,38+,39+,40+,41-,42+,43-,44-,45-,46+,47+,48+,49+,50+,51+,52+,53+,54+,55-,56-/m1/s1. The van der Waals surface area contributed by atoms with Gasteiger partial charge in [0.2, 0.25) is 23.6 Å². The van der Waals surface area contributed by atoms with Gasteiger partial charge in [0.15, 0.2) is 50.3 Å². The highest BCUT2D eigenvalue weighted by Gasteiger charge is 2.60. The normalized spacial score (nSPS) is 48.3. The van der Waals surface area contributed by atoms with Gasteiger partial charge in [-0.25, -0.2) is 0 Å². The van der Waals surface area contributed by atoms with E-state index in [2.05, 4.69) is 21.3 Å². The second-order valence-electron chi connectivity index (χ2n) is 25.4. The smallest absolute Gasteiger partial charge is 0.217 e. The van der Waals surface area contributed by atoms with Crippen molar-refractivity contribution in [3.8, 4) is 0 Å². The first-order chi connectivity index (χ1) is 47.8. The Kier molecular flexibility index (Phi) is 29.9. The molecule has 8 rings (SSSR count). The summed E-state index contributed by atoms with van der Waals surface area (Å²) in [6, 6.07) is -7.13. The first kappa shape index (κ1) is 83.0. The summed E-state index contributed by atoms with van der Waals surface area (Å²) in [5.41, 5.74) is 0. The first-order valence-electron chi connectivity index (χ1n) is 32.1. The Labute approximate surface area is 572 Å². The molecule has 40 atom stereocenters. The van der Waals surface area contributed by atoms with Crippen molar-refractivity contribution in [1.82, 2.24) is 21.3 Å². The molecule has 8 heterocycles. The summed E-state index contributed by atoms with van der Waals surface area (Å²) in [7, 11) is 0. The minimum atomic E-state index is -2.50. The number of ether oxygens (including phenoxy) is 15. The van der Waals surface area contributed by atoms with E-state index in [0.29, 0.717) is 0 Å². The fraction of sp³-hybridized carbons (Fsp3) is 0.929. The molecule has 101 heavy (non-hydrogen) atoms. The van der Waals surface area contributed by atoms with E-state index in [1.54, 1.807) is 0 Å². The average molecular weight is 1480 g/mol. The number of nitrogens with one attached hydrogen (secondary N) is 4. The Morgan fingerprint density at radius 1 is 0.257 bits per heavy atom. The molecule has 584 valence electrons. The third-order valence-electron chi connectivity index (χ3n) is 18.3. The van der Waals surface area contributed by atoms with Crippen molar-refractivity contribution in [2.75, 3.05) is 52.9 Å². The molecule has 26 N–H and O–H groups in total. The van der Waals surface area contributed by atoms with E-state index in [4.69, 9.17) is 71.1 Å². The molecule has 0 aromatic heterocycles. The van der Waals surface area contributed by atoms with E-state index in [-0.39, 0.29) is 0 Å². The summed E-state index contributed by atoms with van der Waals surface area (Å²) < 4.78 is 88.6. The quantitative estimate of drug-likeness (QED) is 0.0382. The van der Waals surface area contributed by atoms with Crippen molar-refractivity contribution in [2.45, 2.75) is 273 Å². The zero-order chi connectivity index (χ0) is 74.5. The molecule has 0 aromatic rings. The molecule has 8 saturated heterocycles. The van der Waals surface area contributed by atoms with Crippen LogP contribution in [0.2, 0.25) is 0 Å². The van der Waals surface area contributed by atoms with Crippen molar-refractivity contribution in [3.63, 3.8) is 0 Å². The van der Waals surface area contributed by atoms with Gasteiger partial charge in [-0.2, -0.15) is 0 Å². The van der Waals surface area contributed by atoms with Crippen LogP contribution in [0.15, 0.2) is 0 Å². The van der Waals surface area contributed by atoms with Crippen LogP contribution >= 0.6 is 0 Å². The van der Waals surface area contributed by atoms with Crippen molar-refractivity contribution < 1.29 is 203 Å². The minimum absolute atomic E-state index is 0.769. The highest BCUT2D eigenvalue weighted by Crippen LogP contribution is 2.39. The largest absolute Gasteiger partial charge is 0.394 e. The van der Waals surface area contributed by atoms with Crippen LogP contribution in [0, 0.1) is 0 Å². The van der Waals surface area contributed by atoms with Crippen LogP contribution in [0.5, 0.6) is 0 Å². The van der Waals surface area contributed by atoms with Crippen LogP contribution in [0.25, 0.3) is 0 Å². The van der Waals surface area contributed by atoms with Gasteiger partial charge in [0.25, 0.3) is 0 Å². The predicted octanol–water partition coefficient (Wildman–Crippen LogP) is -17.9. The van der Waals surface area contributed by atoms with Gasteiger partial charge < -0.3 is 205 Å². The summed E-state index contributed by atoms with van der Waals surface area (Å²) in [5.74, 6) is -3.45. The van der Waals surface area contributed by atoms with Crippen molar-refractivity contribution in [2.24, 2.45) is 0 Å². The first-order valence-corrected chi connectivity index (χ1v) is 32.1. The molecule has 0 bridgehead atoms. The maximum atomic E-state index is 12.9. The Hall–Kier alpha value is -3.60. The number of hydrogen-bond acceptors (Lipinski definition) is 41. The van der Waals surface area contributed by atoms with Crippen LogP contribution in [-0.4, -0.2) is 434 Å². The summed E-state index contributed by atoms with van der Waals surface area (Å²) >= 11 is 0. The molecule has 8 aliphatic heterocycles. The van der Waals surface area contributed by atoms with Gasteiger partial charge >= 0.3 is 0 Å². The van der Waals surface area contributed by atoms with Gasteiger partial charge in [-0.3, -0.25) is 19.2 Å². The van der Waals surface area contributed by atoms with Crippen LogP contribution in [0.1, 0.15) is 27.7 Å². The number of carbonyl (C=O) groups is 4. The molecule has 0 aromatic carbocycles. The van der Waals surface area contributed by atoms with Gasteiger partial charge in [0.1, 0.15) is 195 Å². The van der Waals surface area contributed by atoms with Crippen LogP contribution in [0.3, 0.4) is 0 Å². The lowest BCUT2D eigenvalue weighted by Crippen LogP contribution is -2.70. The van der Waals surface area contributed by atoms with E-state index in [1.807, 2.05) is 0 Å². The highest BCUT2D eigenvalue weighted by molar-refractivity contribution is 5.74. The molecule has 4 amide bonds. The number of aliphatic hydroxyl groups excluding tert-OH is 22. The van der Waals surface area contributed by atoms with Crippen LogP contribution in [-0.2, 0) is 90.2 Å². The van der Waals surface area contributed by atoms with Gasteiger partial charge in [0, 0.05) is 27.7 Å². The fourth-order valence-corrected chi connectivity index (χ4v) is 13.0. The van der Waals surface area contributed by atoms with Gasteiger partial charge in [-0.05, 0) is 0 Å². The SMILES string of the molecule is CC(=O)N[C@@H]1[C@@H](O)[C@H](O[C@@H]2O[C@H](CO)[C@@H](O[C@@H]3O[C@H](CO[C@@H]4O[C@H](CO)[C@@H](O)[C@H](O)[C@@H]4O[C@@H]4O[C@H](CO)[C@@H](O[C@@H]5O[C@H](CO)[C@H](O)[C@H](O)[C@H]5O)[C@H](O)[C@H]4NC(C)=O)[C@@H](O)[C@H](O[C@H]4O[C@H](CO)[C@@H](O)[C@H](O)[C@@H]4O[C@@H]4O[C@H](CO)[C@@H](O)[C@H](O)[C@H]4NC(C)=O)[C@@H]3O)[C@H](O)[C@H]2NC(C)=O)[C@@H](CO)O[C@@H]1O. The van der Waals surface area contributed by atoms with Gasteiger partial charge in [-0.15, -0.1) is 0 Å². The zero-order valence-corrected chi connectivity index (χ0v) is 54.3. The maximum absolute atomic E-state index is 12.9. The van der Waals surface area contributed by atoms with E-state index in [1.165, 1.54) is 0 Å². The van der Waals surface area contributed by atoms with Crippen LogP contribution in [0.4, 0.5) is 0 Å². The lowest BCUT2D eigenvalue weighted by Gasteiger charge is -2.51. The second kappa shape index (κ2) is 36.3. The number of amides is 4. The van der Waals surface area contributed by atoms with Crippen molar-refractivity contribution in [3.05, 3.63) is 0 Å². The number of rotatable bonds is 26. The highest BCUT2D eigenvalue weighted by atomic mass is 16.8. The summed E-state index contributed by atoms with van der Waals surface area (Å²) in [5, 5.41) is 252. The predicted molar refractivity (Wildman–Crippen MR) is 311 cm³/mol. The molecule has 45 heteroatoms. The van der Waals surface area contributed by atoms with Gasteiger partial charge in [0.05, 0.1) is 52.9 Å². The van der Waals surface area contributed by atoms with E-state index < -0.39 is 322 Å². The molecule has 8 fully saturated rings. The fourth-order valence-electron chi connectivity index (χ4n) is 13.0. The topological polar surface area (TPSA) is 700 Å². The molecular formula is C56H94N4O41. The Bertz CT molecular complexity index is 2640. The Morgan fingerprint density at radius 3 is 0.970 bits per heavy atom.